The lowest BCUT2D eigenvalue weighted by Crippen LogP contribution is -2.16. The number of fused-ring (bicyclic) bond motifs is 10. The van der Waals surface area contributed by atoms with E-state index in [0.717, 1.165) is 38.2 Å². The van der Waals surface area contributed by atoms with Gasteiger partial charge in [0.25, 0.3) is 0 Å². The summed E-state index contributed by atoms with van der Waals surface area (Å²) in [6, 6.07) is 67.9. The molecule has 3 heteroatoms. The molecule has 59 heavy (non-hydrogen) atoms. The van der Waals surface area contributed by atoms with Crippen LogP contribution in [-0.4, -0.2) is 15.0 Å². The van der Waals surface area contributed by atoms with Crippen LogP contribution in [-0.2, 0) is 5.41 Å². The molecule has 0 bridgehead atoms. The van der Waals surface area contributed by atoms with E-state index in [1.165, 1.54) is 65.7 Å². The molecule has 0 aliphatic heterocycles. The Balaban J connectivity index is 1.03. The number of benzene rings is 10. The van der Waals surface area contributed by atoms with Gasteiger partial charge >= 0.3 is 0 Å². The van der Waals surface area contributed by atoms with Crippen molar-refractivity contribution in [3.63, 3.8) is 0 Å². The van der Waals surface area contributed by atoms with Gasteiger partial charge < -0.3 is 0 Å². The molecule has 0 unspecified atom stereocenters. The van der Waals surface area contributed by atoms with Gasteiger partial charge in [-0.1, -0.05) is 184 Å². The Morgan fingerprint density at radius 1 is 0.305 bits per heavy atom. The molecule has 0 N–H and O–H groups in total. The highest BCUT2D eigenvalue weighted by molar-refractivity contribution is 6.09. The molecule has 1 aromatic heterocycles. The SMILES string of the molecule is CC1(C)c2ccccc2-c2cccc(-c3ccc4c(-c5nc(-c6ccc7c(ccc8ccccc87)c6)nc(-c6ccc7c(ccc8ccccc87)c6)n5)cccc4c3)c21. The van der Waals surface area contributed by atoms with Crippen LogP contribution in [0.4, 0.5) is 0 Å². The second-order valence-corrected chi connectivity index (χ2v) is 16.4. The normalized spacial score (nSPS) is 13.1. The molecule has 0 saturated carbocycles. The summed E-state index contributed by atoms with van der Waals surface area (Å²) in [4.78, 5) is 15.8. The molecule has 0 atom stereocenters. The van der Waals surface area contributed by atoms with Crippen molar-refractivity contribution in [2.45, 2.75) is 19.3 Å². The maximum absolute atomic E-state index is 5.27. The maximum atomic E-state index is 5.27. The van der Waals surface area contributed by atoms with Crippen molar-refractivity contribution < 1.29 is 0 Å². The summed E-state index contributed by atoms with van der Waals surface area (Å²) in [5.74, 6) is 1.95. The quantitative estimate of drug-likeness (QED) is 0.168. The number of rotatable bonds is 4. The van der Waals surface area contributed by atoms with Gasteiger partial charge in [0.2, 0.25) is 0 Å². The van der Waals surface area contributed by atoms with Gasteiger partial charge in [-0.15, -0.1) is 0 Å². The van der Waals surface area contributed by atoms with Crippen LogP contribution >= 0.6 is 0 Å². The highest BCUT2D eigenvalue weighted by Gasteiger charge is 2.37. The van der Waals surface area contributed by atoms with Crippen LogP contribution in [0.25, 0.3) is 110 Å². The van der Waals surface area contributed by atoms with Crippen molar-refractivity contribution >= 4 is 53.9 Å². The summed E-state index contributed by atoms with van der Waals surface area (Å²) < 4.78 is 0. The van der Waals surface area contributed by atoms with Crippen molar-refractivity contribution in [2.24, 2.45) is 0 Å². The zero-order chi connectivity index (χ0) is 39.2. The first-order valence-corrected chi connectivity index (χ1v) is 20.3. The number of aromatic nitrogens is 3. The first-order chi connectivity index (χ1) is 29.0. The summed E-state index contributed by atoms with van der Waals surface area (Å²) >= 11 is 0. The Labute approximate surface area is 342 Å². The van der Waals surface area contributed by atoms with E-state index in [1.807, 2.05) is 0 Å². The molecule has 12 rings (SSSR count). The van der Waals surface area contributed by atoms with Gasteiger partial charge in [-0.05, 0) is 105 Å². The minimum atomic E-state index is -0.108. The van der Waals surface area contributed by atoms with Crippen molar-refractivity contribution in [2.75, 3.05) is 0 Å². The predicted molar refractivity (Wildman–Crippen MR) is 247 cm³/mol. The average molecular weight is 752 g/mol. The van der Waals surface area contributed by atoms with Gasteiger partial charge in [-0.25, -0.2) is 15.0 Å². The molecule has 0 fully saturated rings. The Hall–Kier alpha value is -7.49. The van der Waals surface area contributed by atoms with E-state index in [1.54, 1.807) is 0 Å². The molecule has 0 spiro atoms. The van der Waals surface area contributed by atoms with Crippen LogP contribution in [0.2, 0.25) is 0 Å². The van der Waals surface area contributed by atoms with Crippen LogP contribution in [0.5, 0.6) is 0 Å². The molecule has 0 amide bonds. The molecule has 3 nitrogen and oxygen atoms in total. The molecule has 0 saturated heterocycles. The second-order valence-electron chi connectivity index (χ2n) is 16.4. The number of nitrogens with zero attached hydrogens (tertiary/aromatic N) is 3. The van der Waals surface area contributed by atoms with Gasteiger partial charge in [-0.3, -0.25) is 0 Å². The van der Waals surface area contributed by atoms with E-state index < -0.39 is 0 Å². The topological polar surface area (TPSA) is 38.7 Å². The maximum Gasteiger partial charge on any atom is 0.164 e. The van der Waals surface area contributed by atoms with E-state index >= 15 is 0 Å². The second kappa shape index (κ2) is 12.8. The summed E-state index contributed by atoms with van der Waals surface area (Å²) in [6.45, 7) is 4.71. The lowest BCUT2D eigenvalue weighted by Gasteiger charge is -2.24. The lowest BCUT2D eigenvalue weighted by atomic mass is 9.78. The van der Waals surface area contributed by atoms with E-state index in [4.69, 9.17) is 15.0 Å². The zero-order valence-electron chi connectivity index (χ0n) is 32.7. The van der Waals surface area contributed by atoms with Gasteiger partial charge in [0.1, 0.15) is 0 Å². The Bertz CT molecular complexity index is 3410. The van der Waals surface area contributed by atoms with E-state index in [0.29, 0.717) is 17.5 Å². The lowest BCUT2D eigenvalue weighted by molar-refractivity contribution is 0.662. The van der Waals surface area contributed by atoms with E-state index in [2.05, 4.69) is 202 Å². The summed E-state index contributed by atoms with van der Waals surface area (Å²) in [6.07, 6.45) is 0. The van der Waals surface area contributed by atoms with E-state index in [-0.39, 0.29) is 5.41 Å². The third kappa shape index (κ3) is 5.25. The highest BCUT2D eigenvalue weighted by atomic mass is 15.0. The Kier molecular flexibility index (Phi) is 7.27. The van der Waals surface area contributed by atoms with Crippen molar-refractivity contribution in [1.29, 1.82) is 0 Å². The number of hydrogen-bond acceptors (Lipinski definition) is 3. The first kappa shape index (κ1) is 33.6. The van der Waals surface area contributed by atoms with Crippen molar-refractivity contribution in [3.8, 4) is 56.4 Å². The van der Waals surface area contributed by atoms with Gasteiger partial charge in [0.05, 0.1) is 0 Å². The smallest absolute Gasteiger partial charge is 0.164 e. The largest absolute Gasteiger partial charge is 0.208 e. The summed E-state index contributed by atoms with van der Waals surface area (Å²) in [5.41, 5.74) is 10.7. The summed E-state index contributed by atoms with van der Waals surface area (Å²) in [7, 11) is 0. The third-order valence-electron chi connectivity index (χ3n) is 12.7. The van der Waals surface area contributed by atoms with Crippen molar-refractivity contribution in [3.05, 3.63) is 199 Å². The molecule has 1 aliphatic carbocycles. The Morgan fingerprint density at radius 2 is 0.746 bits per heavy atom. The van der Waals surface area contributed by atoms with Crippen LogP contribution in [0, 0.1) is 0 Å². The first-order valence-electron chi connectivity index (χ1n) is 20.3. The number of hydrogen-bond donors (Lipinski definition) is 0. The Morgan fingerprint density at radius 3 is 1.44 bits per heavy atom. The highest BCUT2D eigenvalue weighted by Crippen LogP contribution is 2.52. The predicted octanol–water partition coefficient (Wildman–Crippen LogP) is 14.6. The molecule has 10 aromatic carbocycles. The van der Waals surface area contributed by atoms with Crippen molar-refractivity contribution in [1.82, 2.24) is 15.0 Å². The van der Waals surface area contributed by atoms with Crippen LogP contribution in [0.1, 0.15) is 25.0 Å². The monoisotopic (exact) mass is 751 g/mol. The van der Waals surface area contributed by atoms with Gasteiger partial charge in [-0.2, -0.15) is 0 Å². The summed E-state index contributed by atoms with van der Waals surface area (Å²) in [5, 5.41) is 11.9. The fraction of sp³-hybridized carbons (Fsp3) is 0.0536. The van der Waals surface area contributed by atoms with E-state index in [9.17, 15) is 0 Å². The molecule has 276 valence electrons. The average Bonchev–Trinajstić information content (AvgIpc) is 3.53. The standard InChI is InChI=1S/C56H37N3/c1-56(2)51-20-8-7-16-48(51)49-18-10-17-47(52(49)56)39-25-28-46-36(31-39)13-9-19-50(46)55-58-53(40-26-29-44-37(32-40)23-21-34-11-3-5-14-42(34)44)57-54(59-55)41-27-30-45-38(33-41)24-22-35-12-4-6-15-43(35)45/h3-33H,1-2H3. The molecular formula is C56H37N3. The van der Waals surface area contributed by atoms with Crippen LogP contribution < -0.4 is 0 Å². The molecule has 1 heterocycles. The minimum Gasteiger partial charge on any atom is -0.208 e. The van der Waals surface area contributed by atoms with Crippen LogP contribution in [0.15, 0.2) is 188 Å². The fourth-order valence-corrected chi connectivity index (χ4v) is 9.79. The molecular weight excluding hydrogens is 715 g/mol. The minimum absolute atomic E-state index is 0.108. The molecule has 0 radical (unpaired) electrons. The fourth-order valence-electron chi connectivity index (χ4n) is 9.79. The van der Waals surface area contributed by atoms with Gasteiger partial charge in [0.15, 0.2) is 17.5 Å². The molecule has 11 aromatic rings. The third-order valence-corrected chi connectivity index (χ3v) is 12.7. The van der Waals surface area contributed by atoms with Crippen LogP contribution in [0.3, 0.4) is 0 Å². The molecule has 1 aliphatic rings. The van der Waals surface area contributed by atoms with Gasteiger partial charge in [0, 0.05) is 22.1 Å². The zero-order valence-corrected chi connectivity index (χ0v) is 32.7.